The highest BCUT2D eigenvalue weighted by Gasteiger charge is 2.26. The number of aromatic nitrogens is 4. The molecule has 7 aromatic carbocycles. The zero-order valence-corrected chi connectivity index (χ0v) is 30.4. The average molecular weight is 715 g/mol. The number of nitrogens with zero attached hydrogens (tertiary/aromatic N) is 4. The first-order valence-electron chi connectivity index (χ1n) is 19.0. The van der Waals surface area contributed by atoms with Crippen LogP contribution in [0, 0.1) is 0 Å². The van der Waals surface area contributed by atoms with Crippen LogP contribution in [-0.4, -0.2) is 19.1 Å². The third-order valence-electron chi connectivity index (χ3n) is 11.1. The Hall–Kier alpha value is -7.56. The van der Waals surface area contributed by atoms with E-state index in [1.54, 1.807) is 0 Å². The van der Waals surface area contributed by atoms with Crippen LogP contribution in [0.3, 0.4) is 0 Å². The molecule has 262 valence electrons. The number of hydrogen-bond acceptors (Lipinski definition) is 2. The van der Waals surface area contributed by atoms with E-state index in [9.17, 15) is 0 Å². The highest BCUT2D eigenvalue weighted by Crippen LogP contribution is 2.49. The third-order valence-corrected chi connectivity index (χ3v) is 11.1. The molecule has 0 unspecified atom stereocenters. The molecule has 0 bridgehead atoms. The number of benzene rings is 7. The highest BCUT2D eigenvalue weighted by molar-refractivity contribution is 6.26. The van der Waals surface area contributed by atoms with E-state index in [4.69, 9.17) is 0 Å². The minimum atomic E-state index is 1.02. The molecule has 0 aliphatic heterocycles. The van der Waals surface area contributed by atoms with Crippen LogP contribution in [0.2, 0.25) is 0 Å². The summed E-state index contributed by atoms with van der Waals surface area (Å²) in [5.74, 6) is 0. The highest BCUT2D eigenvalue weighted by atomic mass is 15.0. The van der Waals surface area contributed by atoms with Crippen LogP contribution < -0.4 is 0 Å². The molecule has 4 aromatic heterocycles. The maximum Gasteiger partial charge on any atom is 0.0645 e. The van der Waals surface area contributed by atoms with Gasteiger partial charge in [0.2, 0.25) is 0 Å². The van der Waals surface area contributed by atoms with Crippen LogP contribution in [0.4, 0.5) is 0 Å². The standard InChI is InChI=1S/C52H34N4/c1-5-15-35(16-6-1)47-45-29-25-41-42-26-30-46-48(36-17-7-2-8-18-36)50(38-21-11-4-12-22-38)56(40-24-14-32-54-34-40)52(46)44(42)28-27-43(41)51(45)55(39-23-13-31-53-33-39)49(47)37-19-9-3-10-20-37/h1-34H. The molecule has 4 nitrogen and oxygen atoms in total. The summed E-state index contributed by atoms with van der Waals surface area (Å²) >= 11 is 0. The van der Waals surface area contributed by atoms with Crippen LogP contribution >= 0.6 is 0 Å². The smallest absolute Gasteiger partial charge is 0.0645 e. The normalized spacial score (nSPS) is 11.6. The van der Waals surface area contributed by atoms with Gasteiger partial charge < -0.3 is 9.13 Å². The van der Waals surface area contributed by atoms with E-state index in [1.807, 2.05) is 36.9 Å². The van der Waals surface area contributed by atoms with Crippen LogP contribution in [0.5, 0.6) is 0 Å². The summed E-state index contributed by atoms with van der Waals surface area (Å²) in [5.41, 5.74) is 13.7. The van der Waals surface area contributed by atoms with Gasteiger partial charge in [-0.15, -0.1) is 0 Å². The first-order valence-corrected chi connectivity index (χ1v) is 19.0. The minimum Gasteiger partial charge on any atom is -0.306 e. The summed E-state index contributed by atoms with van der Waals surface area (Å²) < 4.78 is 4.85. The Kier molecular flexibility index (Phi) is 7.46. The van der Waals surface area contributed by atoms with Crippen molar-refractivity contribution in [3.05, 3.63) is 207 Å². The quantitative estimate of drug-likeness (QED) is 0.161. The lowest BCUT2D eigenvalue weighted by atomic mass is 9.94. The molecule has 0 atom stereocenters. The molecule has 0 aliphatic carbocycles. The van der Waals surface area contributed by atoms with E-state index in [-0.39, 0.29) is 0 Å². The van der Waals surface area contributed by atoms with Crippen molar-refractivity contribution in [2.45, 2.75) is 0 Å². The number of rotatable bonds is 6. The topological polar surface area (TPSA) is 35.6 Å². The lowest BCUT2D eigenvalue weighted by Crippen LogP contribution is -1.99. The van der Waals surface area contributed by atoms with Gasteiger partial charge in [0.25, 0.3) is 0 Å². The molecule has 0 amide bonds. The summed E-state index contributed by atoms with van der Waals surface area (Å²) in [5, 5.41) is 7.15. The molecule has 0 N–H and O–H groups in total. The van der Waals surface area contributed by atoms with Crippen molar-refractivity contribution in [2.24, 2.45) is 0 Å². The Balaban J connectivity index is 1.31. The number of fused-ring (bicyclic) bond motifs is 7. The summed E-state index contributed by atoms with van der Waals surface area (Å²) in [4.78, 5) is 9.24. The molecule has 56 heavy (non-hydrogen) atoms. The minimum absolute atomic E-state index is 1.02. The van der Waals surface area contributed by atoms with Crippen molar-refractivity contribution in [3.8, 4) is 56.1 Å². The summed E-state index contributed by atoms with van der Waals surface area (Å²) in [6.45, 7) is 0. The fraction of sp³-hybridized carbons (Fsp3) is 0. The first-order chi connectivity index (χ1) is 27.8. The van der Waals surface area contributed by atoms with E-state index in [0.29, 0.717) is 0 Å². The van der Waals surface area contributed by atoms with Gasteiger partial charge in [-0.05, 0) is 57.3 Å². The van der Waals surface area contributed by atoms with Gasteiger partial charge in [-0.25, -0.2) is 0 Å². The first kappa shape index (κ1) is 31.9. The summed E-state index contributed by atoms with van der Waals surface area (Å²) in [6, 6.07) is 65.4. The second-order valence-corrected chi connectivity index (χ2v) is 14.2. The Morgan fingerprint density at radius 3 is 0.982 bits per heavy atom. The predicted molar refractivity (Wildman–Crippen MR) is 232 cm³/mol. The monoisotopic (exact) mass is 714 g/mol. The van der Waals surface area contributed by atoms with Gasteiger partial charge in [-0.1, -0.05) is 158 Å². The molecule has 0 radical (unpaired) electrons. The van der Waals surface area contributed by atoms with E-state index >= 15 is 0 Å². The molecule has 0 saturated carbocycles. The summed E-state index contributed by atoms with van der Waals surface area (Å²) in [7, 11) is 0. The zero-order chi connectivity index (χ0) is 37.0. The largest absolute Gasteiger partial charge is 0.306 e. The van der Waals surface area contributed by atoms with E-state index in [0.717, 1.165) is 44.9 Å². The van der Waals surface area contributed by atoms with Crippen LogP contribution in [0.25, 0.3) is 99.5 Å². The van der Waals surface area contributed by atoms with Crippen molar-refractivity contribution >= 4 is 43.4 Å². The molecule has 0 aliphatic rings. The van der Waals surface area contributed by atoms with Gasteiger partial charge in [0, 0.05) is 45.1 Å². The van der Waals surface area contributed by atoms with Gasteiger partial charge in [-0.2, -0.15) is 0 Å². The molecule has 11 aromatic rings. The van der Waals surface area contributed by atoms with Crippen molar-refractivity contribution < 1.29 is 0 Å². The summed E-state index contributed by atoms with van der Waals surface area (Å²) in [6.07, 6.45) is 7.64. The van der Waals surface area contributed by atoms with Crippen LogP contribution in [0.15, 0.2) is 207 Å². The molecule has 0 fully saturated rings. The Bertz CT molecular complexity index is 2970. The van der Waals surface area contributed by atoms with Crippen molar-refractivity contribution in [3.63, 3.8) is 0 Å². The lowest BCUT2D eigenvalue weighted by molar-refractivity contribution is 1.11. The van der Waals surface area contributed by atoms with Crippen LogP contribution in [0.1, 0.15) is 0 Å². The van der Waals surface area contributed by atoms with Crippen molar-refractivity contribution in [1.82, 2.24) is 19.1 Å². The maximum absolute atomic E-state index is 4.62. The van der Waals surface area contributed by atoms with Crippen LogP contribution in [-0.2, 0) is 0 Å². The van der Waals surface area contributed by atoms with Gasteiger partial charge >= 0.3 is 0 Å². The molecule has 0 saturated heterocycles. The predicted octanol–water partition coefficient (Wildman–Crippen LogP) is 13.3. The van der Waals surface area contributed by atoms with Gasteiger partial charge in [0.05, 0.1) is 46.2 Å². The fourth-order valence-electron chi connectivity index (χ4n) is 8.80. The SMILES string of the molecule is c1ccc(-c2c(-c3ccccc3)n(-c3cccnc3)c3c2ccc2c4ccc5c(-c6ccccc6)c(-c6ccccc6)n(-c6cccnc6)c5c4ccc23)cc1. The van der Waals surface area contributed by atoms with Crippen molar-refractivity contribution in [1.29, 1.82) is 0 Å². The second-order valence-electron chi connectivity index (χ2n) is 14.2. The average Bonchev–Trinajstić information content (AvgIpc) is 3.83. The zero-order valence-electron chi connectivity index (χ0n) is 30.4. The Morgan fingerprint density at radius 1 is 0.286 bits per heavy atom. The maximum atomic E-state index is 4.62. The molecule has 11 rings (SSSR count). The molecule has 0 spiro atoms. The van der Waals surface area contributed by atoms with Crippen molar-refractivity contribution in [2.75, 3.05) is 0 Å². The second kappa shape index (κ2) is 13.1. The third kappa shape index (κ3) is 4.93. The number of pyridine rings is 2. The molecule has 4 heterocycles. The van der Waals surface area contributed by atoms with Gasteiger partial charge in [0.1, 0.15) is 0 Å². The Labute approximate surface area is 324 Å². The van der Waals surface area contributed by atoms with Gasteiger partial charge in [0.15, 0.2) is 0 Å². The fourth-order valence-corrected chi connectivity index (χ4v) is 8.80. The number of hydrogen-bond donors (Lipinski definition) is 0. The van der Waals surface area contributed by atoms with E-state index in [2.05, 4.69) is 189 Å². The molecular weight excluding hydrogens is 681 g/mol. The lowest BCUT2D eigenvalue weighted by Gasteiger charge is -2.15. The molecular formula is C52H34N4. The Morgan fingerprint density at radius 2 is 0.625 bits per heavy atom. The van der Waals surface area contributed by atoms with Gasteiger partial charge in [-0.3, -0.25) is 9.97 Å². The van der Waals surface area contributed by atoms with E-state index < -0.39 is 0 Å². The van der Waals surface area contributed by atoms with E-state index in [1.165, 1.54) is 54.6 Å². The molecule has 4 heteroatoms.